The maximum absolute atomic E-state index is 13.1. The molecule has 0 saturated carbocycles. The molecule has 0 aliphatic rings. The van der Waals surface area contributed by atoms with Gasteiger partial charge in [0.15, 0.2) is 5.78 Å². The molecule has 0 radical (unpaired) electrons. The van der Waals surface area contributed by atoms with Crippen LogP contribution in [-0.4, -0.2) is 23.4 Å². The van der Waals surface area contributed by atoms with Gasteiger partial charge in [0, 0.05) is 34.0 Å². The van der Waals surface area contributed by atoms with Crippen molar-refractivity contribution in [2.75, 3.05) is 7.11 Å². The topological polar surface area (TPSA) is 74.3 Å². The Morgan fingerprint density at radius 2 is 1.44 bits per heavy atom. The third-order valence-electron chi connectivity index (χ3n) is 7.15. The number of aromatic nitrogens is 1. The molecule has 0 fully saturated rings. The highest BCUT2D eigenvalue weighted by molar-refractivity contribution is 6.18. The van der Waals surface area contributed by atoms with Crippen LogP contribution in [0, 0.1) is 0 Å². The Kier molecular flexibility index (Phi) is 6.17. The van der Waals surface area contributed by atoms with E-state index < -0.39 is 5.91 Å². The van der Waals surface area contributed by atoms with Gasteiger partial charge in [-0.3, -0.25) is 9.59 Å². The molecule has 1 aromatic heterocycles. The number of benzene rings is 5. The molecule has 0 bridgehead atoms. The number of nitrogens with zero attached hydrogens (tertiary/aromatic N) is 1. The number of hydrogen-bond donors (Lipinski definition) is 1. The molecule has 5 aromatic carbocycles. The van der Waals surface area contributed by atoms with E-state index >= 15 is 0 Å². The highest BCUT2D eigenvalue weighted by atomic mass is 16.5. The first-order chi connectivity index (χ1) is 19.0. The van der Waals surface area contributed by atoms with E-state index in [9.17, 15) is 9.59 Å². The summed E-state index contributed by atoms with van der Waals surface area (Å²) in [5.74, 6) is 0.316. The van der Waals surface area contributed by atoms with Crippen molar-refractivity contribution in [1.29, 1.82) is 0 Å². The standard InChI is InChI=1S/C34H26N2O3/c1-39-27-16-13-23(14-17-27)25-15-18-28-31(20-25)36(30-12-6-11-29(32(28)30)34(35)38)21-22-7-5-10-26(19-22)33(37)24-8-3-2-4-9-24/h2-20H,21H2,1H3,(H2,35,38). The van der Waals surface area contributed by atoms with Crippen LogP contribution in [0.3, 0.4) is 0 Å². The van der Waals surface area contributed by atoms with E-state index in [1.165, 1.54) is 0 Å². The fourth-order valence-corrected chi connectivity index (χ4v) is 5.23. The first kappa shape index (κ1) is 24.2. The van der Waals surface area contributed by atoms with E-state index in [0.717, 1.165) is 44.2 Å². The van der Waals surface area contributed by atoms with E-state index in [4.69, 9.17) is 10.5 Å². The summed E-state index contributed by atoms with van der Waals surface area (Å²) in [6, 6.07) is 36.8. The predicted octanol–water partition coefficient (Wildman–Crippen LogP) is 6.85. The molecule has 0 spiro atoms. The minimum Gasteiger partial charge on any atom is -0.497 e. The Hall–Kier alpha value is -5.16. The average molecular weight is 511 g/mol. The van der Waals surface area contributed by atoms with Gasteiger partial charge in [0.05, 0.1) is 18.1 Å². The molecule has 0 aliphatic carbocycles. The lowest BCUT2D eigenvalue weighted by atomic mass is 10.0. The van der Waals surface area contributed by atoms with E-state index in [2.05, 4.69) is 22.8 Å². The third kappa shape index (κ3) is 4.44. The van der Waals surface area contributed by atoms with Gasteiger partial charge in [0.25, 0.3) is 0 Å². The Bertz CT molecular complexity index is 1850. The maximum atomic E-state index is 13.1. The van der Waals surface area contributed by atoms with Gasteiger partial charge in [0.1, 0.15) is 5.75 Å². The first-order valence-electron chi connectivity index (χ1n) is 12.7. The van der Waals surface area contributed by atoms with Gasteiger partial charge in [0.2, 0.25) is 5.91 Å². The number of rotatable bonds is 7. The van der Waals surface area contributed by atoms with Crippen LogP contribution in [-0.2, 0) is 6.54 Å². The van der Waals surface area contributed by atoms with Gasteiger partial charge < -0.3 is 15.0 Å². The summed E-state index contributed by atoms with van der Waals surface area (Å²) < 4.78 is 7.51. The number of amides is 1. The van der Waals surface area contributed by atoms with Crippen molar-refractivity contribution in [1.82, 2.24) is 4.57 Å². The summed E-state index contributed by atoms with van der Waals surface area (Å²) in [4.78, 5) is 25.5. The van der Waals surface area contributed by atoms with Crippen molar-refractivity contribution >= 4 is 33.5 Å². The van der Waals surface area contributed by atoms with Crippen molar-refractivity contribution in [3.8, 4) is 16.9 Å². The zero-order chi connectivity index (χ0) is 26.9. The van der Waals surface area contributed by atoms with Crippen LogP contribution in [0.4, 0.5) is 0 Å². The van der Waals surface area contributed by atoms with E-state index in [-0.39, 0.29) is 5.78 Å². The summed E-state index contributed by atoms with van der Waals surface area (Å²) in [5, 5.41) is 1.78. The molecule has 0 atom stereocenters. The molecule has 5 heteroatoms. The van der Waals surface area contributed by atoms with Crippen LogP contribution in [0.5, 0.6) is 5.75 Å². The lowest BCUT2D eigenvalue weighted by molar-refractivity contribution is 0.1000. The molecule has 39 heavy (non-hydrogen) atoms. The Morgan fingerprint density at radius 1 is 0.718 bits per heavy atom. The summed E-state index contributed by atoms with van der Waals surface area (Å²) in [6.07, 6.45) is 0. The quantitative estimate of drug-likeness (QED) is 0.239. The predicted molar refractivity (Wildman–Crippen MR) is 155 cm³/mol. The summed E-state index contributed by atoms with van der Waals surface area (Å²) in [5.41, 5.74) is 12.5. The molecular weight excluding hydrogens is 484 g/mol. The lowest BCUT2D eigenvalue weighted by Crippen LogP contribution is -2.11. The SMILES string of the molecule is COc1ccc(-c2ccc3c4c(C(N)=O)cccc4n(Cc4cccc(C(=O)c5ccccc5)c4)c3c2)cc1. The molecule has 2 N–H and O–H groups in total. The van der Waals surface area contributed by atoms with Crippen LogP contribution in [0.1, 0.15) is 31.8 Å². The normalized spacial score (nSPS) is 11.1. The Morgan fingerprint density at radius 3 is 2.18 bits per heavy atom. The third-order valence-corrected chi connectivity index (χ3v) is 7.15. The van der Waals surface area contributed by atoms with Gasteiger partial charge in [-0.05, 0) is 53.1 Å². The number of hydrogen-bond acceptors (Lipinski definition) is 3. The minimum absolute atomic E-state index is 0.0162. The maximum Gasteiger partial charge on any atom is 0.249 e. The Balaban J connectivity index is 1.50. The molecular formula is C34H26N2O3. The van der Waals surface area contributed by atoms with Crippen LogP contribution in [0.25, 0.3) is 32.9 Å². The molecule has 6 rings (SSSR count). The van der Waals surface area contributed by atoms with Crippen molar-refractivity contribution in [3.63, 3.8) is 0 Å². The molecule has 0 aliphatic heterocycles. The second-order valence-corrected chi connectivity index (χ2v) is 9.51. The summed E-state index contributed by atoms with van der Waals surface area (Å²) in [6.45, 7) is 0.518. The van der Waals surface area contributed by atoms with E-state index in [1.54, 1.807) is 13.2 Å². The van der Waals surface area contributed by atoms with Crippen molar-refractivity contribution < 1.29 is 14.3 Å². The molecule has 6 aromatic rings. The highest BCUT2D eigenvalue weighted by Crippen LogP contribution is 2.35. The number of carbonyl (C=O) groups is 2. The molecule has 5 nitrogen and oxygen atoms in total. The van der Waals surface area contributed by atoms with Gasteiger partial charge in [-0.15, -0.1) is 0 Å². The number of carbonyl (C=O) groups excluding carboxylic acids is 2. The van der Waals surface area contributed by atoms with Gasteiger partial charge >= 0.3 is 0 Å². The zero-order valence-corrected chi connectivity index (χ0v) is 21.4. The van der Waals surface area contributed by atoms with Crippen LogP contribution < -0.4 is 10.5 Å². The van der Waals surface area contributed by atoms with Crippen LogP contribution in [0.15, 0.2) is 115 Å². The summed E-state index contributed by atoms with van der Waals surface area (Å²) >= 11 is 0. The van der Waals surface area contributed by atoms with Crippen molar-refractivity contribution in [3.05, 3.63) is 138 Å². The van der Waals surface area contributed by atoms with Gasteiger partial charge in [-0.25, -0.2) is 0 Å². The summed E-state index contributed by atoms with van der Waals surface area (Å²) in [7, 11) is 1.65. The highest BCUT2D eigenvalue weighted by Gasteiger charge is 2.18. The fraction of sp³-hybridized carbons (Fsp3) is 0.0588. The second kappa shape index (κ2) is 9.95. The Labute approximate surface area is 226 Å². The fourth-order valence-electron chi connectivity index (χ4n) is 5.23. The largest absolute Gasteiger partial charge is 0.497 e. The number of nitrogens with two attached hydrogens (primary N) is 1. The smallest absolute Gasteiger partial charge is 0.249 e. The van der Waals surface area contributed by atoms with Gasteiger partial charge in [-0.1, -0.05) is 78.9 Å². The van der Waals surface area contributed by atoms with Crippen molar-refractivity contribution in [2.24, 2.45) is 5.73 Å². The number of ether oxygens (including phenoxy) is 1. The average Bonchev–Trinajstić information content (AvgIpc) is 3.30. The monoisotopic (exact) mass is 510 g/mol. The number of fused-ring (bicyclic) bond motifs is 3. The minimum atomic E-state index is -0.464. The molecule has 1 heterocycles. The number of primary amides is 1. The van der Waals surface area contributed by atoms with Gasteiger partial charge in [-0.2, -0.15) is 0 Å². The van der Waals surface area contributed by atoms with E-state index in [1.807, 2.05) is 91.0 Å². The van der Waals surface area contributed by atoms with E-state index in [0.29, 0.717) is 23.2 Å². The lowest BCUT2D eigenvalue weighted by Gasteiger charge is -2.11. The number of ketones is 1. The first-order valence-corrected chi connectivity index (χ1v) is 12.7. The molecule has 0 unspecified atom stereocenters. The second-order valence-electron chi connectivity index (χ2n) is 9.51. The van der Waals surface area contributed by atoms with Crippen LogP contribution in [0.2, 0.25) is 0 Å². The van der Waals surface area contributed by atoms with Crippen molar-refractivity contribution in [2.45, 2.75) is 6.54 Å². The molecule has 0 saturated heterocycles. The number of methoxy groups -OCH3 is 1. The van der Waals surface area contributed by atoms with Crippen LogP contribution >= 0.6 is 0 Å². The molecule has 190 valence electrons. The molecule has 1 amide bonds. The zero-order valence-electron chi connectivity index (χ0n) is 21.4.